The molecule has 0 spiro atoms. The first-order chi connectivity index (χ1) is 7.71. The Bertz CT molecular complexity index is 187. The van der Waals surface area contributed by atoms with Crippen molar-refractivity contribution in [3.05, 3.63) is 0 Å². The molecule has 1 aliphatic rings. The summed E-state index contributed by atoms with van der Waals surface area (Å²) in [5.74, 6) is 0. The van der Waals surface area contributed by atoms with E-state index < -0.39 is 0 Å². The molecule has 0 bridgehead atoms. The molecule has 0 aromatic carbocycles. The van der Waals surface area contributed by atoms with Gasteiger partial charge in [-0.1, -0.05) is 27.2 Å². The molecule has 1 N–H and O–H groups in total. The molecule has 2 nitrogen and oxygen atoms in total. The molecule has 0 aromatic rings. The lowest BCUT2D eigenvalue weighted by Crippen LogP contribution is -2.57. The van der Waals surface area contributed by atoms with Gasteiger partial charge in [0.15, 0.2) is 0 Å². The third-order valence-electron chi connectivity index (χ3n) is 3.62. The first kappa shape index (κ1) is 14.3. The highest BCUT2D eigenvalue weighted by Gasteiger charge is 2.26. The van der Waals surface area contributed by atoms with Crippen LogP contribution >= 0.6 is 11.8 Å². The lowest BCUT2D eigenvalue weighted by molar-refractivity contribution is 0.125. The van der Waals surface area contributed by atoms with E-state index in [1.807, 2.05) is 11.8 Å². The van der Waals surface area contributed by atoms with E-state index in [4.69, 9.17) is 0 Å². The molecule has 96 valence electrons. The van der Waals surface area contributed by atoms with Gasteiger partial charge in [-0.05, 0) is 19.1 Å². The van der Waals surface area contributed by atoms with Gasteiger partial charge in [0, 0.05) is 37.0 Å². The van der Waals surface area contributed by atoms with Gasteiger partial charge in [0.05, 0.1) is 0 Å². The molecule has 16 heavy (non-hydrogen) atoms. The highest BCUT2D eigenvalue weighted by molar-refractivity contribution is 7.99. The first-order valence-electron chi connectivity index (χ1n) is 6.71. The zero-order valence-corrected chi connectivity index (χ0v) is 12.1. The lowest BCUT2D eigenvalue weighted by Gasteiger charge is -2.41. The van der Waals surface area contributed by atoms with Crippen molar-refractivity contribution in [3.8, 4) is 0 Å². The predicted octanol–water partition coefficient (Wildman–Crippen LogP) is 2.59. The zero-order chi connectivity index (χ0) is 12.0. The van der Waals surface area contributed by atoms with Gasteiger partial charge in [-0.3, -0.25) is 4.90 Å². The third kappa shape index (κ3) is 4.27. The van der Waals surface area contributed by atoms with Gasteiger partial charge in [0.25, 0.3) is 0 Å². The Hall–Kier alpha value is 0.270. The van der Waals surface area contributed by atoms with Gasteiger partial charge >= 0.3 is 0 Å². The van der Waals surface area contributed by atoms with Gasteiger partial charge in [-0.2, -0.15) is 11.8 Å². The first-order valence-corrected chi connectivity index (χ1v) is 8.00. The summed E-state index contributed by atoms with van der Waals surface area (Å²) in [4.78, 5) is 2.71. The number of piperazine rings is 1. The highest BCUT2D eigenvalue weighted by atomic mass is 32.2. The van der Waals surface area contributed by atoms with E-state index in [1.165, 1.54) is 38.9 Å². The molecule has 1 aliphatic heterocycles. The van der Waals surface area contributed by atoms with Crippen molar-refractivity contribution >= 4 is 11.8 Å². The number of thioether (sulfide) groups is 1. The maximum Gasteiger partial charge on any atom is 0.0219 e. The second-order valence-electron chi connectivity index (χ2n) is 4.96. The van der Waals surface area contributed by atoms with Crippen molar-refractivity contribution < 1.29 is 0 Å². The fourth-order valence-electron chi connectivity index (χ4n) is 2.50. The van der Waals surface area contributed by atoms with E-state index in [0.717, 1.165) is 17.3 Å². The summed E-state index contributed by atoms with van der Waals surface area (Å²) < 4.78 is 0. The van der Waals surface area contributed by atoms with Crippen LogP contribution in [0.4, 0.5) is 0 Å². The van der Waals surface area contributed by atoms with Crippen LogP contribution in [-0.4, -0.2) is 48.1 Å². The van der Waals surface area contributed by atoms with E-state index in [0.29, 0.717) is 0 Å². The summed E-state index contributed by atoms with van der Waals surface area (Å²) in [7, 11) is 0. The van der Waals surface area contributed by atoms with Gasteiger partial charge in [0.1, 0.15) is 0 Å². The molecule has 1 saturated heterocycles. The van der Waals surface area contributed by atoms with Crippen LogP contribution in [0.3, 0.4) is 0 Å². The molecule has 0 aliphatic carbocycles. The van der Waals surface area contributed by atoms with E-state index >= 15 is 0 Å². The predicted molar refractivity (Wildman–Crippen MR) is 75.3 cm³/mol. The van der Waals surface area contributed by atoms with Crippen LogP contribution < -0.4 is 5.32 Å². The van der Waals surface area contributed by atoms with Crippen molar-refractivity contribution in [2.45, 2.75) is 57.4 Å². The van der Waals surface area contributed by atoms with Crippen LogP contribution in [0.2, 0.25) is 0 Å². The van der Waals surface area contributed by atoms with Crippen LogP contribution in [0.15, 0.2) is 0 Å². The topological polar surface area (TPSA) is 15.3 Å². The molecule has 0 aromatic heterocycles. The third-order valence-corrected chi connectivity index (χ3v) is 4.57. The van der Waals surface area contributed by atoms with Gasteiger partial charge in [-0.25, -0.2) is 0 Å². The molecule has 0 amide bonds. The Morgan fingerprint density at radius 3 is 2.75 bits per heavy atom. The average Bonchev–Trinajstić information content (AvgIpc) is 2.30. The summed E-state index contributed by atoms with van der Waals surface area (Å²) in [6.45, 7) is 10.6. The van der Waals surface area contributed by atoms with Crippen molar-refractivity contribution in [2.24, 2.45) is 0 Å². The maximum absolute atomic E-state index is 3.69. The maximum atomic E-state index is 3.69. The van der Waals surface area contributed by atoms with Crippen molar-refractivity contribution in [1.29, 1.82) is 0 Å². The molecule has 1 rings (SSSR count). The molecule has 3 atom stereocenters. The fraction of sp³-hybridized carbons (Fsp3) is 1.00. The quantitative estimate of drug-likeness (QED) is 0.773. The second-order valence-corrected chi connectivity index (χ2v) is 6.23. The Morgan fingerprint density at radius 2 is 2.19 bits per heavy atom. The van der Waals surface area contributed by atoms with Crippen molar-refractivity contribution in [2.75, 3.05) is 25.9 Å². The molecular formula is C13H28N2S. The number of nitrogens with zero attached hydrogens (tertiary/aromatic N) is 1. The van der Waals surface area contributed by atoms with Crippen molar-refractivity contribution in [3.63, 3.8) is 0 Å². The smallest absolute Gasteiger partial charge is 0.0219 e. The monoisotopic (exact) mass is 244 g/mol. The van der Waals surface area contributed by atoms with Crippen LogP contribution in [0, 0.1) is 0 Å². The molecule has 0 saturated carbocycles. The number of hydrogen-bond acceptors (Lipinski definition) is 3. The van der Waals surface area contributed by atoms with Crippen LogP contribution in [-0.2, 0) is 0 Å². The van der Waals surface area contributed by atoms with Crippen LogP contribution in [0.5, 0.6) is 0 Å². The summed E-state index contributed by atoms with van der Waals surface area (Å²) in [6, 6.07) is 1.48. The fourth-order valence-corrected chi connectivity index (χ4v) is 2.84. The molecule has 1 fully saturated rings. The summed E-state index contributed by atoms with van der Waals surface area (Å²) in [5.41, 5.74) is 0. The molecule has 1 heterocycles. The second kappa shape index (κ2) is 7.57. The SMILES string of the molecule is CCCC1CN(CC(C)SC)C(CC)CN1. The summed E-state index contributed by atoms with van der Waals surface area (Å²) >= 11 is 1.98. The normalized spacial score (nSPS) is 29.2. The van der Waals surface area contributed by atoms with Gasteiger partial charge in [0.2, 0.25) is 0 Å². The van der Waals surface area contributed by atoms with Gasteiger partial charge in [-0.15, -0.1) is 0 Å². The standard InChI is InChI=1S/C13H28N2S/c1-5-7-12-10-15(9-11(3)16-4)13(6-2)8-14-12/h11-14H,5-10H2,1-4H3. The largest absolute Gasteiger partial charge is 0.311 e. The number of rotatable bonds is 6. The molecule has 0 radical (unpaired) electrons. The molecule has 3 heteroatoms. The van der Waals surface area contributed by atoms with E-state index in [9.17, 15) is 0 Å². The van der Waals surface area contributed by atoms with Gasteiger partial charge < -0.3 is 5.32 Å². The van der Waals surface area contributed by atoms with E-state index in [2.05, 4.69) is 37.2 Å². The summed E-state index contributed by atoms with van der Waals surface area (Å²) in [6.07, 6.45) is 6.10. The Labute approximate surface area is 106 Å². The Morgan fingerprint density at radius 1 is 1.44 bits per heavy atom. The zero-order valence-electron chi connectivity index (χ0n) is 11.3. The highest BCUT2D eigenvalue weighted by Crippen LogP contribution is 2.16. The molecule has 3 unspecified atom stereocenters. The van der Waals surface area contributed by atoms with Crippen LogP contribution in [0.1, 0.15) is 40.0 Å². The lowest BCUT2D eigenvalue weighted by atomic mass is 10.0. The van der Waals surface area contributed by atoms with E-state index in [1.54, 1.807) is 0 Å². The van der Waals surface area contributed by atoms with E-state index in [-0.39, 0.29) is 0 Å². The Balaban J connectivity index is 2.46. The summed E-state index contributed by atoms with van der Waals surface area (Å²) in [5, 5.41) is 4.45. The molecular weight excluding hydrogens is 216 g/mol. The Kier molecular flexibility index (Phi) is 6.78. The van der Waals surface area contributed by atoms with Crippen LogP contribution in [0.25, 0.3) is 0 Å². The minimum atomic E-state index is 0.724. The van der Waals surface area contributed by atoms with Crippen molar-refractivity contribution in [1.82, 2.24) is 10.2 Å². The number of nitrogens with one attached hydrogen (secondary N) is 1. The minimum absolute atomic E-state index is 0.724. The minimum Gasteiger partial charge on any atom is -0.311 e. The number of hydrogen-bond donors (Lipinski definition) is 1. The average molecular weight is 244 g/mol.